The Bertz CT molecular complexity index is 307. The van der Waals surface area contributed by atoms with Crippen LogP contribution in [0, 0.1) is 0 Å². The zero-order chi connectivity index (χ0) is 8.48. The summed E-state index contributed by atoms with van der Waals surface area (Å²) >= 11 is 3.30. The molecule has 0 aliphatic rings. The molecule has 0 fully saturated rings. The number of aromatic nitrogens is 1. The zero-order valence-corrected chi connectivity index (χ0v) is 8.89. The number of nitrogens with zero attached hydrogens (tertiary/aromatic N) is 1. The fraction of sp³-hybridized carbons (Fsp3) is 0.286. The maximum absolute atomic E-state index is 11.5. The van der Waals surface area contributed by atoms with Crippen LogP contribution in [0.5, 0.6) is 0 Å². The standard InChI is InChI=1S/C7H9BrNOP/c1-11(2,10)7-6(8)4-3-5-9-7/h3-5H,1-2H3. The first-order valence-electron chi connectivity index (χ1n) is 3.18. The maximum atomic E-state index is 11.5. The lowest BCUT2D eigenvalue weighted by atomic mass is 10.5. The smallest absolute Gasteiger partial charge is 0.128 e. The van der Waals surface area contributed by atoms with E-state index in [1.54, 1.807) is 19.5 Å². The van der Waals surface area contributed by atoms with Gasteiger partial charge in [-0.1, -0.05) is 0 Å². The molecule has 11 heavy (non-hydrogen) atoms. The minimum Gasteiger partial charge on any atom is -0.318 e. The predicted molar refractivity (Wildman–Crippen MR) is 51.0 cm³/mol. The number of rotatable bonds is 1. The highest BCUT2D eigenvalue weighted by Gasteiger charge is 2.15. The lowest BCUT2D eigenvalue weighted by molar-refractivity contribution is 0.587. The van der Waals surface area contributed by atoms with Crippen molar-refractivity contribution in [3.63, 3.8) is 0 Å². The molecule has 0 saturated heterocycles. The summed E-state index contributed by atoms with van der Waals surface area (Å²) in [5.41, 5.74) is 0.667. The van der Waals surface area contributed by atoms with Crippen LogP contribution in [0.2, 0.25) is 0 Å². The molecule has 1 aromatic rings. The third-order valence-corrected chi connectivity index (χ3v) is 3.57. The van der Waals surface area contributed by atoms with E-state index in [4.69, 9.17) is 0 Å². The van der Waals surface area contributed by atoms with Crippen molar-refractivity contribution in [2.75, 3.05) is 13.3 Å². The van der Waals surface area contributed by atoms with Gasteiger partial charge in [0.05, 0.1) is 0 Å². The van der Waals surface area contributed by atoms with Gasteiger partial charge in [-0.05, 0) is 41.4 Å². The van der Waals surface area contributed by atoms with Crippen LogP contribution in [0.4, 0.5) is 0 Å². The molecule has 1 rings (SSSR count). The van der Waals surface area contributed by atoms with Gasteiger partial charge in [-0.15, -0.1) is 0 Å². The van der Waals surface area contributed by atoms with Crippen LogP contribution < -0.4 is 5.44 Å². The molecule has 60 valence electrons. The van der Waals surface area contributed by atoms with Crippen molar-refractivity contribution in [2.45, 2.75) is 0 Å². The van der Waals surface area contributed by atoms with E-state index in [1.807, 2.05) is 12.1 Å². The van der Waals surface area contributed by atoms with Gasteiger partial charge in [0, 0.05) is 10.7 Å². The summed E-state index contributed by atoms with van der Waals surface area (Å²) in [6, 6.07) is 3.66. The molecule has 1 aromatic heterocycles. The second-order valence-electron chi connectivity index (χ2n) is 2.66. The second-order valence-corrected chi connectivity index (χ2v) is 6.64. The first-order valence-corrected chi connectivity index (χ1v) is 6.57. The van der Waals surface area contributed by atoms with E-state index < -0.39 is 7.14 Å². The Kier molecular flexibility index (Phi) is 2.50. The van der Waals surface area contributed by atoms with Crippen LogP contribution >= 0.6 is 23.1 Å². The monoisotopic (exact) mass is 233 g/mol. The highest BCUT2D eigenvalue weighted by atomic mass is 79.9. The molecule has 0 radical (unpaired) electrons. The quantitative estimate of drug-likeness (QED) is 0.696. The maximum Gasteiger partial charge on any atom is 0.128 e. The van der Waals surface area contributed by atoms with Crippen LogP contribution in [0.3, 0.4) is 0 Å². The highest BCUT2D eigenvalue weighted by Crippen LogP contribution is 2.36. The molecule has 0 atom stereocenters. The lowest BCUT2D eigenvalue weighted by Gasteiger charge is -2.06. The third-order valence-electron chi connectivity index (χ3n) is 1.25. The fourth-order valence-corrected chi connectivity index (χ4v) is 3.24. The summed E-state index contributed by atoms with van der Waals surface area (Å²) in [6.45, 7) is 3.42. The van der Waals surface area contributed by atoms with Gasteiger partial charge >= 0.3 is 0 Å². The van der Waals surface area contributed by atoms with Gasteiger partial charge in [0.2, 0.25) is 0 Å². The Hall–Kier alpha value is -0.140. The minimum atomic E-state index is -2.21. The summed E-state index contributed by atoms with van der Waals surface area (Å²) in [6.07, 6.45) is 1.65. The Morgan fingerprint density at radius 3 is 2.55 bits per heavy atom. The van der Waals surface area contributed by atoms with E-state index in [0.717, 1.165) is 4.47 Å². The first kappa shape index (κ1) is 8.95. The Labute approximate surface area is 74.5 Å². The van der Waals surface area contributed by atoms with Crippen molar-refractivity contribution in [2.24, 2.45) is 0 Å². The van der Waals surface area contributed by atoms with Gasteiger partial charge < -0.3 is 4.57 Å². The number of hydrogen-bond acceptors (Lipinski definition) is 2. The Morgan fingerprint density at radius 2 is 2.18 bits per heavy atom. The Balaban J connectivity index is 3.25. The topological polar surface area (TPSA) is 30.0 Å². The zero-order valence-electron chi connectivity index (χ0n) is 6.41. The van der Waals surface area contributed by atoms with Crippen LogP contribution in [0.15, 0.2) is 22.8 Å². The van der Waals surface area contributed by atoms with Crippen LogP contribution in [0.25, 0.3) is 0 Å². The molecule has 0 aliphatic carbocycles. The molecule has 0 amide bonds. The van der Waals surface area contributed by atoms with Gasteiger partial charge in [-0.25, -0.2) is 0 Å². The summed E-state index contributed by atoms with van der Waals surface area (Å²) in [5.74, 6) is 0. The predicted octanol–water partition coefficient (Wildman–Crippen LogP) is 2.09. The van der Waals surface area contributed by atoms with Crippen molar-refractivity contribution >= 4 is 28.5 Å². The SMILES string of the molecule is CP(C)(=O)c1ncccc1Br. The minimum absolute atomic E-state index is 0.667. The lowest BCUT2D eigenvalue weighted by Crippen LogP contribution is -2.08. The number of halogens is 1. The Morgan fingerprint density at radius 1 is 1.55 bits per heavy atom. The van der Waals surface area contributed by atoms with E-state index >= 15 is 0 Å². The largest absolute Gasteiger partial charge is 0.318 e. The molecule has 4 heteroatoms. The summed E-state index contributed by atoms with van der Waals surface area (Å²) in [5, 5.41) is 0. The molecule has 1 heterocycles. The molecule has 2 nitrogen and oxygen atoms in total. The molecule has 0 N–H and O–H groups in total. The fourth-order valence-electron chi connectivity index (χ4n) is 0.774. The second kappa shape index (κ2) is 3.08. The van der Waals surface area contributed by atoms with E-state index in [0.29, 0.717) is 5.44 Å². The van der Waals surface area contributed by atoms with Crippen LogP contribution in [-0.2, 0) is 4.57 Å². The van der Waals surface area contributed by atoms with Gasteiger partial charge in [0.15, 0.2) is 0 Å². The van der Waals surface area contributed by atoms with Gasteiger partial charge in [-0.3, -0.25) is 4.98 Å². The molecule has 0 aliphatic heterocycles. The average molecular weight is 234 g/mol. The molecular formula is C7H9BrNOP. The van der Waals surface area contributed by atoms with E-state index in [9.17, 15) is 4.57 Å². The first-order chi connectivity index (χ1) is 5.02. The van der Waals surface area contributed by atoms with Crippen molar-refractivity contribution in [1.29, 1.82) is 0 Å². The van der Waals surface area contributed by atoms with Crippen LogP contribution in [-0.4, -0.2) is 18.3 Å². The average Bonchev–Trinajstić information content (AvgIpc) is 1.86. The molecule has 0 bridgehead atoms. The van der Waals surface area contributed by atoms with E-state index in [1.165, 1.54) is 0 Å². The normalized spacial score (nSPS) is 11.5. The van der Waals surface area contributed by atoms with Crippen LogP contribution in [0.1, 0.15) is 0 Å². The van der Waals surface area contributed by atoms with Crippen molar-refractivity contribution in [1.82, 2.24) is 4.98 Å². The number of pyridine rings is 1. The van der Waals surface area contributed by atoms with Crippen molar-refractivity contribution in [3.05, 3.63) is 22.8 Å². The molecule has 0 unspecified atom stereocenters. The van der Waals surface area contributed by atoms with Gasteiger partial charge in [0.1, 0.15) is 12.6 Å². The summed E-state index contributed by atoms with van der Waals surface area (Å²) in [4.78, 5) is 4.04. The summed E-state index contributed by atoms with van der Waals surface area (Å²) < 4.78 is 12.4. The van der Waals surface area contributed by atoms with Gasteiger partial charge in [-0.2, -0.15) is 0 Å². The van der Waals surface area contributed by atoms with E-state index in [-0.39, 0.29) is 0 Å². The van der Waals surface area contributed by atoms with Crippen molar-refractivity contribution < 1.29 is 4.57 Å². The molecule has 0 saturated carbocycles. The summed E-state index contributed by atoms with van der Waals surface area (Å²) in [7, 11) is -2.21. The third kappa shape index (κ3) is 2.14. The van der Waals surface area contributed by atoms with Gasteiger partial charge in [0.25, 0.3) is 0 Å². The molecule has 0 spiro atoms. The van der Waals surface area contributed by atoms with Crippen molar-refractivity contribution in [3.8, 4) is 0 Å². The van der Waals surface area contributed by atoms with E-state index in [2.05, 4.69) is 20.9 Å². The number of hydrogen-bond donors (Lipinski definition) is 0. The highest BCUT2D eigenvalue weighted by molar-refractivity contribution is 9.10. The molecular weight excluding hydrogens is 225 g/mol. The molecule has 0 aromatic carbocycles.